The molecule has 1 atom stereocenters. The number of benzene rings is 2. The second-order valence-electron chi connectivity index (χ2n) is 9.15. The first-order chi connectivity index (χ1) is 21.4. The number of carbonyl (C=O) groups is 3. The number of pyridine rings is 2. The lowest BCUT2D eigenvalue weighted by Crippen LogP contribution is -2.43. The molecular weight excluding hydrogens is 558 g/mol. The zero-order valence-corrected chi connectivity index (χ0v) is 23.3. The largest absolute Gasteiger partial charge is 0.484 e. The van der Waals surface area contributed by atoms with Crippen LogP contribution in [0.3, 0.4) is 0 Å². The van der Waals surface area contributed by atoms with Crippen molar-refractivity contribution in [1.82, 2.24) is 15.3 Å². The molecular formula is C35H25N3O6. The predicted octanol–water partition coefficient (Wildman–Crippen LogP) is 3.49. The van der Waals surface area contributed by atoms with Crippen molar-refractivity contribution >= 4 is 17.8 Å². The molecule has 0 bridgehead atoms. The van der Waals surface area contributed by atoms with Crippen molar-refractivity contribution in [2.45, 2.75) is 18.9 Å². The second-order valence-corrected chi connectivity index (χ2v) is 9.15. The van der Waals surface area contributed by atoms with Gasteiger partial charge in [0.15, 0.2) is 6.61 Å². The number of carbonyl (C=O) groups excluding carboxylic acids is 1. The van der Waals surface area contributed by atoms with E-state index in [4.69, 9.17) is 9.84 Å². The van der Waals surface area contributed by atoms with Crippen molar-refractivity contribution in [2.24, 2.45) is 0 Å². The van der Waals surface area contributed by atoms with Gasteiger partial charge >= 0.3 is 11.9 Å². The summed E-state index contributed by atoms with van der Waals surface area (Å²) in [7, 11) is 0. The van der Waals surface area contributed by atoms with E-state index in [1.165, 1.54) is 0 Å². The smallest absolute Gasteiger partial charge is 0.326 e. The standard InChI is InChI=1S/C35H25N3O6/c39-33(38-32(35(42)43)14-15-34(40)41)24-44-30-11-6-25(7-12-30)8-13-31-28(9-4-26-16-20-36-21-17-26)2-1-3-29(31)10-5-27-18-22-37-23-19-27/h1-3,6-7,11-12,16-23,32H,14-15,24H2,(H,38,39)(H,40,41)(H,42,43). The maximum atomic E-state index is 12.2. The summed E-state index contributed by atoms with van der Waals surface area (Å²) < 4.78 is 5.46. The molecule has 1 unspecified atom stereocenters. The van der Waals surface area contributed by atoms with Gasteiger partial charge in [-0.25, -0.2) is 4.79 Å². The number of hydrogen-bond acceptors (Lipinski definition) is 6. The minimum Gasteiger partial charge on any atom is -0.484 e. The molecule has 3 N–H and O–H groups in total. The molecule has 0 aliphatic rings. The summed E-state index contributed by atoms with van der Waals surface area (Å²) in [6, 6.07) is 18.3. The molecule has 216 valence electrons. The summed E-state index contributed by atoms with van der Waals surface area (Å²) in [5, 5.41) is 20.2. The van der Waals surface area contributed by atoms with Gasteiger partial charge in [-0.1, -0.05) is 41.6 Å². The Morgan fingerprint density at radius 1 is 0.705 bits per heavy atom. The molecule has 2 aromatic heterocycles. The van der Waals surface area contributed by atoms with E-state index in [1.807, 2.05) is 42.5 Å². The molecule has 0 radical (unpaired) electrons. The van der Waals surface area contributed by atoms with Crippen molar-refractivity contribution in [3.8, 4) is 41.3 Å². The summed E-state index contributed by atoms with van der Waals surface area (Å²) in [5.41, 5.74) is 4.40. The molecule has 9 nitrogen and oxygen atoms in total. The minimum absolute atomic E-state index is 0.237. The quantitative estimate of drug-likeness (QED) is 0.268. The summed E-state index contributed by atoms with van der Waals surface area (Å²) >= 11 is 0. The lowest BCUT2D eigenvalue weighted by atomic mass is 10.0. The Morgan fingerprint density at radius 2 is 1.23 bits per heavy atom. The van der Waals surface area contributed by atoms with Crippen LogP contribution < -0.4 is 10.1 Å². The second kappa shape index (κ2) is 15.6. The number of carboxylic acid groups (broad SMARTS) is 2. The third-order valence-electron chi connectivity index (χ3n) is 5.94. The summed E-state index contributed by atoms with van der Waals surface area (Å²) in [6.07, 6.45) is 6.08. The van der Waals surface area contributed by atoms with Gasteiger partial charge in [0.05, 0.1) is 5.56 Å². The van der Waals surface area contributed by atoms with Gasteiger partial charge in [0.25, 0.3) is 5.91 Å². The Labute approximate surface area is 254 Å². The molecule has 4 rings (SSSR count). The fourth-order valence-corrected chi connectivity index (χ4v) is 3.72. The summed E-state index contributed by atoms with van der Waals surface area (Å²) in [4.78, 5) is 42.2. The number of aliphatic carboxylic acids is 2. The van der Waals surface area contributed by atoms with Gasteiger partial charge in [-0.15, -0.1) is 0 Å². The van der Waals surface area contributed by atoms with Crippen molar-refractivity contribution in [2.75, 3.05) is 6.61 Å². The molecule has 0 aliphatic carbocycles. The van der Waals surface area contributed by atoms with E-state index in [2.05, 4.69) is 50.8 Å². The predicted molar refractivity (Wildman–Crippen MR) is 161 cm³/mol. The molecule has 0 saturated heterocycles. The number of amides is 1. The number of hydrogen-bond donors (Lipinski definition) is 3. The monoisotopic (exact) mass is 583 g/mol. The summed E-state index contributed by atoms with van der Waals surface area (Å²) in [5.74, 6) is 16.2. The SMILES string of the molecule is O=C(O)CCC(NC(=O)COc1ccc(C#Cc2c(C#Cc3ccncc3)cccc2C#Cc2ccncc2)cc1)C(=O)O. The molecule has 2 aromatic carbocycles. The van der Waals surface area contributed by atoms with Gasteiger partial charge in [-0.2, -0.15) is 0 Å². The van der Waals surface area contributed by atoms with Gasteiger partial charge in [0, 0.05) is 59.0 Å². The van der Waals surface area contributed by atoms with E-state index < -0.39 is 30.5 Å². The third kappa shape index (κ3) is 9.62. The molecule has 0 spiro atoms. The number of aromatic nitrogens is 2. The Kier molecular flexibility index (Phi) is 10.8. The van der Waals surface area contributed by atoms with Crippen LogP contribution in [0.15, 0.2) is 91.5 Å². The van der Waals surface area contributed by atoms with Crippen LogP contribution in [0.5, 0.6) is 5.75 Å². The summed E-state index contributed by atoms with van der Waals surface area (Å²) in [6.45, 7) is -0.440. The fraction of sp³-hybridized carbons (Fsp3) is 0.114. The first-order valence-electron chi connectivity index (χ1n) is 13.3. The highest BCUT2D eigenvalue weighted by atomic mass is 16.5. The van der Waals surface area contributed by atoms with Crippen LogP contribution in [0.4, 0.5) is 0 Å². The molecule has 0 saturated carbocycles. The van der Waals surface area contributed by atoms with Crippen LogP contribution >= 0.6 is 0 Å². The topological polar surface area (TPSA) is 139 Å². The number of nitrogens with zero attached hydrogens (tertiary/aromatic N) is 2. The normalized spacial score (nSPS) is 10.4. The van der Waals surface area contributed by atoms with E-state index in [0.29, 0.717) is 28.0 Å². The maximum Gasteiger partial charge on any atom is 0.326 e. The zero-order chi connectivity index (χ0) is 31.1. The Hall–Kier alpha value is -6.37. The van der Waals surface area contributed by atoms with Crippen LogP contribution in [0.2, 0.25) is 0 Å². The molecule has 1 amide bonds. The third-order valence-corrected chi connectivity index (χ3v) is 5.94. The van der Waals surface area contributed by atoms with E-state index in [-0.39, 0.29) is 12.8 Å². The highest BCUT2D eigenvalue weighted by molar-refractivity contribution is 5.84. The van der Waals surface area contributed by atoms with E-state index in [9.17, 15) is 19.5 Å². The van der Waals surface area contributed by atoms with Gasteiger partial charge in [0.2, 0.25) is 0 Å². The van der Waals surface area contributed by atoms with Gasteiger partial charge in [-0.3, -0.25) is 19.6 Å². The maximum absolute atomic E-state index is 12.2. The molecule has 0 fully saturated rings. The number of ether oxygens (including phenoxy) is 1. The van der Waals surface area contributed by atoms with Gasteiger partial charge in [-0.05, 0) is 67.1 Å². The average molecular weight is 584 g/mol. The molecule has 4 aromatic rings. The highest BCUT2D eigenvalue weighted by Crippen LogP contribution is 2.15. The lowest BCUT2D eigenvalue weighted by Gasteiger charge is -2.14. The Morgan fingerprint density at radius 3 is 1.75 bits per heavy atom. The first kappa shape index (κ1) is 30.6. The number of nitrogens with one attached hydrogen (secondary N) is 1. The molecule has 0 aliphatic heterocycles. The minimum atomic E-state index is -1.32. The van der Waals surface area contributed by atoms with E-state index in [1.54, 1.807) is 49.1 Å². The van der Waals surface area contributed by atoms with Crippen LogP contribution in [0.25, 0.3) is 0 Å². The van der Waals surface area contributed by atoms with Gasteiger partial charge < -0.3 is 20.3 Å². The first-order valence-corrected chi connectivity index (χ1v) is 13.3. The van der Waals surface area contributed by atoms with E-state index >= 15 is 0 Å². The van der Waals surface area contributed by atoms with Crippen LogP contribution in [0, 0.1) is 35.5 Å². The van der Waals surface area contributed by atoms with Crippen molar-refractivity contribution in [3.05, 3.63) is 125 Å². The fourth-order valence-electron chi connectivity index (χ4n) is 3.72. The van der Waals surface area contributed by atoms with Crippen molar-refractivity contribution in [1.29, 1.82) is 0 Å². The van der Waals surface area contributed by atoms with Crippen molar-refractivity contribution < 1.29 is 29.3 Å². The number of carboxylic acids is 2. The highest BCUT2D eigenvalue weighted by Gasteiger charge is 2.21. The molecule has 44 heavy (non-hydrogen) atoms. The Balaban J connectivity index is 1.51. The Bertz CT molecular complexity index is 1750. The van der Waals surface area contributed by atoms with Crippen LogP contribution in [-0.4, -0.2) is 50.7 Å². The lowest BCUT2D eigenvalue weighted by molar-refractivity contribution is -0.143. The zero-order valence-electron chi connectivity index (χ0n) is 23.3. The average Bonchev–Trinajstić information content (AvgIpc) is 3.04. The molecule has 2 heterocycles. The van der Waals surface area contributed by atoms with Crippen LogP contribution in [-0.2, 0) is 14.4 Å². The van der Waals surface area contributed by atoms with E-state index in [0.717, 1.165) is 11.1 Å². The van der Waals surface area contributed by atoms with Crippen LogP contribution in [0.1, 0.15) is 46.2 Å². The van der Waals surface area contributed by atoms with Gasteiger partial charge in [0.1, 0.15) is 11.8 Å². The molecule has 9 heteroatoms. The number of rotatable bonds is 8. The van der Waals surface area contributed by atoms with Crippen molar-refractivity contribution in [3.63, 3.8) is 0 Å².